The van der Waals surface area contributed by atoms with E-state index in [0.717, 1.165) is 17.1 Å². The number of amides is 2. The fourth-order valence-corrected chi connectivity index (χ4v) is 4.32. The van der Waals surface area contributed by atoms with E-state index < -0.39 is 41.5 Å². The Balaban J connectivity index is 1.28. The molecule has 0 fully saturated rings. The SMILES string of the molecule is O=C(Nc1ccc2c(c1)C(F)(F)C(F)(F)O2)N1CC(c2ccc(F)cc2)=C(c2ccc3c(c2)OC(F)(F)O3)N1. The molecule has 3 aromatic carbocycles. The van der Waals surface area contributed by atoms with Crippen LogP contribution in [0.4, 0.5) is 41.2 Å². The van der Waals surface area contributed by atoms with Crippen LogP contribution >= 0.6 is 0 Å². The predicted molar refractivity (Wildman–Crippen MR) is 121 cm³/mol. The molecule has 202 valence electrons. The maximum absolute atomic E-state index is 14.1. The number of hydrazine groups is 1. The summed E-state index contributed by atoms with van der Waals surface area (Å²) in [6.45, 7) is -0.139. The number of fused-ring (bicyclic) bond motifs is 2. The monoisotopic (exact) mass is 553 g/mol. The maximum Gasteiger partial charge on any atom is 0.586 e. The minimum atomic E-state index is -4.74. The third kappa shape index (κ3) is 4.11. The number of hydrogen-bond donors (Lipinski definition) is 2. The molecular formula is C25H14F7N3O4. The Morgan fingerprint density at radius 3 is 2.23 bits per heavy atom. The zero-order chi connectivity index (χ0) is 27.7. The Kier molecular flexibility index (Phi) is 5.19. The highest BCUT2D eigenvalue weighted by molar-refractivity contribution is 5.98. The van der Waals surface area contributed by atoms with Gasteiger partial charge in [-0.2, -0.15) is 17.6 Å². The zero-order valence-electron chi connectivity index (χ0n) is 19.2. The average Bonchev–Trinajstić information content (AvgIpc) is 3.49. The van der Waals surface area contributed by atoms with Gasteiger partial charge in [-0.15, -0.1) is 8.78 Å². The number of alkyl halides is 6. The first-order valence-corrected chi connectivity index (χ1v) is 11.2. The predicted octanol–water partition coefficient (Wildman–Crippen LogP) is 6.14. The minimum absolute atomic E-state index is 0.139. The van der Waals surface area contributed by atoms with Gasteiger partial charge in [0.25, 0.3) is 0 Å². The smallest absolute Gasteiger partial charge is 0.427 e. The van der Waals surface area contributed by atoms with E-state index in [1.54, 1.807) is 0 Å². The lowest BCUT2D eigenvalue weighted by Gasteiger charge is -2.19. The fourth-order valence-electron chi connectivity index (χ4n) is 4.32. The number of urea groups is 1. The van der Waals surface area contributed by atoms with Gasteiger partial charge in [-0.25, -0.2) is 14.2 Å². The van der Waals surface area contributed by atoms with Gasteiger partial charge in [-0.3, -0.25) is 5.43 Å². The summed E-state index contributed by atoms with van der Waals surface area (Å²) in [6, 6.07) is 11.0. The second-order valence-corrected chi connectivity index (χ2v) is 8.72. The summed E-state index contributed by atoms with van der Waals surface area (Å²) in [7, 11) is 0. The third-order valence-corrected chi connectivity index (χ3v) is 6.17. The number of hydrogen-bond acceptors (Lipinski definition) is 5. The molecule has 2 amide bonds. The Morgan fingerprint density at radius 2 is 1.49 bits per heavy atom. The van der Waals surface area contributed by atoms with Crippen molar-refractivity contribution in [2.75, 3.05) is 11.9 Å². The van der Waals surface area contributed by atoms with Gasteiger partial charge in [0.1, 0.15) is 11.6 Å². The van der Waals surface area contributed by atoms with Crippen LogP contribution in [0.1, 0.15) is 16.7 Å². The van der Waals surface area contributed by atoms with Gasteiger partial charge >= 0.3 is 24.4 Å². The van der Waals surface area contributed by atoms with E-state index in [0.29, 0.717) is 22.8 Å². The van der Waals surface area contributed by atoms with Crippen LogP contribution in [-0.2, 0) is 5.92 Å². The first kappa shape index (κ1) is 24.7. The highest BCUT2D eigenvalue weighted by Crippen LogP contribution is 2.54. The number of nitrogens with zero attached hydrogens (tertiary/aromatic N) is 1. The summed E-state index contributed by atoms with van der Waals surface area (Å²) in [5.41, 5.74) is 3.01. The number of carbonyl (C=O) groups excluding carboxylic acids is 1. The van der Waals surface area contributed by atoms with Gasteiger partial charge < -0.3 is 19.5 Å². The molecule has 0 atom stereocenters. The Bertz CT molecular complexity index is 1540. The lowest BCUT2D eigenvalue weighted by atomic mass is 10.0. The Hall–Kier alpha value is -4.62. The van der Waals surface area contributed by atoms with Gasteiger partial charge in [0.05, 0.1) is 17.8 Å². The van der Waals surface area contributed by atoms with Gasteiger partial charge in [0.2, 0.25) is 0 Å². The van der Waals surface area contributed by atoms with Crippen molar-refractivity contribution in [3.63, 3.8) is 0 Å². The topological polar surface area (TPSA) is 72.1 Å². The van der Waals surface area contributed by atoms with Gasteiger partial charge in [-0.05, 0) is 54.1 Å². The molecule has 0 radical (unpaired) electrons. The van der Waals surface area contributed by atoms with Crippen molar-refractivity contribution in [3.05, 3.63) is 83.2 Å². The molecule has 3 aliphatic rings. The number of ether oxygens (including phenoxy) is 3. The van der Waals surface area contributed by atoms with Crippen molar-refractivity contribution in [3.8, 4) is 17.2 Å². The van der Waals surface area contributed by atoms with E-state index in [9.17, 15) is 35.5 Å². The van der Waals surface area contributed by atoms with E-state index in [2.05, 4.69) is 25.0 Å². The highest BCUT2D eigenvalue weighted by atomic mass is 19.3. The van der Waals surface area contributed by atoms with Crippen molar-refractivity contribution in [2.45, 2.75) is 18.3 Å². The average molecular weight is 553 g/mol. The molecule has 3 aromatic rings. The van der Waals surface area contributed by atoms with Crippen molar-refractivity contribution >= 4 is 23.0 Å². The number of rotatable bonds is 3. The Labute approximate surface area is 214 Å². The molecule has 0 bridgehead atoms. The molecule has 0 saturated heterocycles. The normalized spacial score (nSPS) is 19.4. The first-order valence-electron chi connectivity index (χ1n) is 11.2. The molecule has 3 aliphatic heterocycles. The van der Waals surface area contributed by atoms with Crippen LogP contribution in [-0.4, -0.2) is 30.0 Å². The molecule has 0 spiro atoms. The van der Waals surface area contributed by atoms with Crippen molar-refractivity contribution in [1.29, 1.82) is 0 Å². The summed E-state index contributed by atoms with van der Waals surface area (Å²) in [6.07, 6.45) is -8.60. The zero-order valence-corrected chi connectivity index (χ0v) is 19.2. The van der Waals surface area contributed by atoms with Crippen molar-refractivity contribution in [1.82, 2.24) is 10.4 Å². The minimum Gasteiger partial charge on any atom is -0.427 e. The molecular weight excluding hydrogens is 539 g/mol. The van der Waals surface area contributed by atoms with Crippen LogP contribution in [0.3, 0.4) is 0 Å². The van der Waals surface area contributed by atoms with E-state index in [4.69, 9.17) is 0 Å². The van der Waals surface area contributed by atoms with Gasteiger partial charge in [0, 0.05) is 16.8 Å². The second-order valence-electron chi connectivity index (χ2n) is 8.72. The fraction of sp³-hybridized carbons (Fsp3) is 0.160. The first-order chi connectivity index (χ1) is 18.3. The summed E-state index contributed by atoms with van der Waals surface area (Å²) in [4.78, 5) is 13.0. The van der Waals surface area contributed by atoms with Crippen LogP contribution in [0.15, 0.2) is 60.7 Å². The summed E-state index contributed by atoms with van der Waals surface area (Å²) in [5.74, 6) is -6.32. The maximum atomic E-state index is 14.1. The van der Waals surface area contributed by atoms with Gasteiger partial charge in [0.15, 0.2) is 11.5 Å². The summed E-state index contributed by atoms with van der Waals surface area (Å²) >= 11 is 0. The highest BCUT2D eigenvalue weighted by Gasteiger charge is 2.66. The quantitative estimate of drug-likeness (QED) is 0.381. The van der Waals surface area contributed by atoms with Crippen LogP contribution in [0.25, 0.3) is 11.3 Å². The molecule has 39 heavy (non-hydrogen) atoms. The number of carbonyl (C=O) groups is 1. The molecule has 0 saturated carbocycles. The molecule has 0 aromatic heterocycles. The van der Waals surface area contributed by atoms with Crippen LogP contribution in [0.5, 0.6) is 17.2 Å². The summed E-state index contributed by atoms with van der Waals surface area (Å²) < 4.78 is 109. The van der Waals surface area contributed by atoms with Crippen molar-refractivity contribution in [2.24, 2.45) is 0 Å². The largest absolute Gasteiger partial charge is 0.586 e. The van der Waals surface area contributed by atoms with E-state index >= 15 is 0 Å². The number of benzene rings is 3. The lowest BCUT2D eigenvalue weighted by Crippen LogP contribution is -2.40. The second kappa shape index (κ2) is 8.19. The molecule has 3 heterocycles. The number of halogens is 7. The molecule has 2 N–H and O–H groups in total. The summed E-state index contributed by atoms with van der Waals surface area (Å²) in [5, 5.41) is 3.38. The van der Waals surface area contributed by atoms with E-state index in [1.807, 2.05) is 0 Å². The van der Waals surface area contributed by atoms with Crippen LogP contribution in [0, 0.1) is 5.82 Å². The molecule has 6 rings (SSSR count). The number of nitrogens with one attached hydrogen (secondary N) is 2. The van der Waals surface area contributed by atoms with Crippen LogP contribution in [0.2, 0.25) is 0 Å². The van der Waals surface area contributed by atoms with E-state index in [1.165, 1.54) is 42.5 Å². The van der Waals surface area contributed by atoms with Crippen LogP contribution < -0.4 is 25.0 Å². The number of anilines is 1. The molecule has 7 nitrogen and oxygen atoms in total. The standard InChI is InChI=1S/C25H14F7N3O4/c26-14-4-1-12(2-5-14)16-11-35(34-21(16)13-3-7-19-20(9-13)39-25(31,32)38-19)22(36)33-15-6-8-18-17(10-15)23(27,28)24(29,30)37-18/h1-10,34H,11H2,(H,33,36). The third-order valence-electron chi connectivity index (χ3n) is 6.17. The van der Waals surface area contributed by atoms with Gasteiger partial charge in [-0.1, -0.05) is 12.1 Å². The molecule has 0 aliphatic carbocycles. The lowest BCUT2D eigenvalue weighted by molar-refractivity contribution is -0.296. The van der Waals surface area contributed by atoms with Crippen molar-refractivity contribution < 1.29 is 49.7 Å². The molecule has 14 heteroatoms. The Morgan fingerprint density at radius 1 is 0.821 bits per heavy atom. The molecule has 0 unspecified atom stereocenters. The van der Waals surface area contributed by atoms with E-state index in [-0.39, 0.29) is 29.4 Å².